The second kappa shape index (κ2) is 8.43. The highest BCUT2D eigenvalue weighted by molar-refractivity contribution is 5.73. The molecule has 25 heavy (non-hydrogen) atoms. The molecule has 0 atom stereocenters. The van der Waals surface area contributed by atoms with E-state index in [1.54, 1.807) is 23.0 Å². The van der Waals surface area contributed by atoms with Crippen LogP contribution in [0.5, 0.6) is 0 Å². The van der Waals surface area contributed by atoms with Crippen molar-refractivity contribution in [3.63, 3.8) is 0 Å². The largest absolute Gasteiger partial charge is 0.377 e. The van der Waals surface area contributed by atoms with Crippen LogP contribution >= 0.6 is 0 Å². The Labute approximate surface area is 145 Å². The number of hydrogen-bond acceptors (Lipinski definition) is 3. The predicted octanol–water partition coefficient (Wildman–Crippen LogP) is 2.55. The van der Waals surface area contributed by atoms with Crippen molar-refractivity contribution in [2.75, 3.05) is 19.8 Å². The van der Waals surface area contributed by atoms with Crippen LogP contribution < -0.4 is 10.6 Å². The van der Waals surface area contributed by atoms with Crippen molar-refractivity contribution in [2.45, 2.75) is 19.4 Å². The first-order chi connectivity index (χ1) is 12.2. The van der Waals surface area contributed by atoms with E-state index in [1.807, 2.05) is 6.07 Å². The number of rotatable bonds is 6. The van der Waals surface area contributed by atoms with Gasteiger partial charge in [-0.3, -0.25) is 0 Å². The quantitative estimate of drug-likeness (QED) is 0.792. The van der Waals surface area contributed by atoms with Gasteiger partial charge in [0, 0.05) is 12.7 Å². The first-order valence-corrected chi connectivity index (χ1v) is 8.28. The average molecular weight is 344 g/mol. The molecule has 132 valence electrons. The van der Waals surface area contributed by atoms with Crippen LogP contribution in [0, 0.1) is 5.82 Å². The zero-order valence-electron chi connectivity index (χ0n) is 13.9. The number of nitrogens with zero attached hydrogens (tertiary/aromatic N) is 2. The molecule has 0 spiro atoms. The third kappa shape index (κ3) is 5.15. The van der Waals surface area contributed by atoms with Crippen molar-refractivity contribution >= 4 is 6.03 Å². The molecule has 2 amide bonds. The molecule has 0 fully saturated rings. The average Bonchev–Trinajstić information content (AvgIpc) is 3.10. The second-order valence-corrected chi connectivity index (χ2v) is 5.77. The van der Waals surface area contributed by atoms with Crippen LogP contribution in [-0.4, -0.2) is 35.6 Å². The van der Waals surface area contributed by atoms with E-state index in [2.05, 4.69) is 21.8 Å². The highest BCUT2D eigenvalue weighted by atomic mass is 19.1. The summed E-state index contributed by atoms with van der Waals surface area (Å²) in [4.78, 5) is 11.8. The summed E-state index contributed by atoms with van der Waals surface area (Å²) in [6, 6.07) is 7.67. The molecule has 1 aliphatic rings. The first kappa shape index (κ1) is 17.2. The van der Waals surface area contributed by atoms with Crippen LogP contribution in [0.3, 0.4) is 0 Å². The fourth-order valence-electron chi connectivity index (χ4n) is 2.56. The van der Waals surface area contributed by atoms with Gasteiger partial charge < -0.3 is 15.4 Å². The minimum Gasteiger partial charge on any atom is -0.377 e. The summed E-state index contributed by atoms with van der Waals surface area (Å²) in [5, 5.41) is 9.98. The lowest BCUT2D eigenvalue weighted by Crippen LogP contribution is -2.35. The lowest BCUT2D eigenvalue weighted by Gasteiger charge is -2.13. The Hall–Kier alpha value is -2.67. The van der Waals surface area contributed by atoms with Gasteiger partial charge in [0.2, 0.25) is 0 Å². The lowest BCUT2D eigenvalue weighted by molar-refractivity contribution is 0.153. The highest BCUT2D eigenvalue weighted by Crippen LogP contribution is 2.11. The SMILES string of the molecule is O=C(NCCC1=CCOCC1)NCc1ccn(-c2ccc(F)cc2)n1. The Morgan fingerprint density at radius 2 is 2.08 bits per heavy atom. The third-order valence-corrected chi connectivity index (χ3v) is 3.95. The molecular formula is C18H21FN4O2. The zero-order chi connectivity index (χ0) is 17.5. The number of amides is 2. The van der Waals surface area contributed by atoms with E-state index >= 15 is 0 Å². The van der Waals surface area contributed by atoms with Crippen molar-refractivity contribution in [3.8, 4) is 5.69 Å². The van der Waals surface area contributed by atoms with Crippen molar-refractivity contribution in [1.82, 2.24) is 20.4 Å². The molecule has 0 saturated carbocycles. The molecule has 6 nitrogen and oxygen atoms in total. The topological polar surface area (TPSA) is 68.2 Å². The van der Waals surface area contributed by atoms with Crippen molar-refractivity contribution in [3.05, 3.63) is 59.7 Å². The van der Waals surface area contributed by atoms with Crippen molar-refractivity contribution in [2.24, 2.45) is 0 Å². The summed E-state index contributed by atoms with van der Waals surface area (Å²) in [6.07, 6.45) is 5.63. The maximum Gasteiger partial charge on any atom is 0.315 e. The van der Waals surface area contributed by atoms with Gasteiger partial charge >= 0.3 is 6.03 Å². The van der Waals surface area contributed by atoms with E-state index < -0.39 is 0 Å². The number of ether oxygens (including phenoxy) is 1. The molecular weight excluding hydrogens is 323 g/mol. The van der Waals surface area contributed by atoms with Crippen molar-refractivity contribution in [1.29, 1.82) is 0 Å². The minimum atomic E-state index is -0.286. The number of halogens is 1. The van der Waals surface area contributed by atoms with E-state index in [0.29, 0.717) is 19.7 Å². The summed E-state index contributed by atoms with van der Waals surface area (Å²) in [7, 11) is 0. The lowest BCUT2D eigenvalue weighted by atomic mass is 10.1. The summed E-state index contributed by atoms with van der Waals surface area (Å²) in [6.45, 7) is 2.35. The standard InChI is InChI=1S/C18H21FN4O2/c19-15-1-3-17(4-2-15)23-10-6-16(22-23)13-21-18(24)20-9-5-14-7-11-25-12-8-14/h1-4,6-7,10H,5,8-9,11-13H2,(H2,20,21,24). The molecule has 0 unspecified atom stereocenters. The molecule has 0 aliphatic carbocycles. The molecule has 0 saturated heterocycles. The Morgan fingerprint density at radius 3 is 2.84 bits per heavy atom. The fourth-order valence-corrected chi connectivity index (χ4v) is 2.56. The smallest absolute Gasteiger partial charge is 0.315 e. The van der Waals surface area contributed by atoms with Gasteiger partial charge in [-0.25, -0.2) is 13.9 Å². The fraction of sp³-hybridized carbons (Fsp3) is 0.333. The third-order valence-electron chi connectivity index (χ3n) is 3.95. The highest BCUT2D eigenvalue weighted by Gasteiger charge is 2.06. The van der Waals surface area contributed by atoms with Crippen LogP contribution in [0.15, 0.2) is 48.2 Å². The number of urea groups is 1. The number of benzene rings is 1. The molecule has 1 aromatic carbocycles. The Balaban J connectivity index is 1.41. The normalized spacial score (nSPS) is 14.0. The van der Waals surface area contributed by atoms with E-state index in [0.717, 1.165) is 30.8 Å². The zero-order valence-corrected chi connectivity index (χ0v) is 13.9. The van der Waals surface area contributed by atoms with Gasteiger partial charge in [-0.2, -0.15) is 5.10 Å². The summed E-state index contributed by atoms with van der Waals surface area (Å²) in [5.41, 5.74) is 2.82. The first-order valence-electron chi connectivity index (χ1n) is 8.28. The molecule has 7 heteroatoms. The summed E-state index contributed by atoms with van der Waals surface area (Å²) in [5.74, 6) is -0.286. The predicted molar refractivity (Wildman–Crippen MR) is 91.9 cm³/mol. The number of aromatic nitrogens is 2. The molecule has 2 N–H and O–H groups in total. The molecule has 0 bridgehead atoms. The summed E-state index contributed by atoms with van der Waals surface area (Å²) < 4.78 is 19.8. The monoisotopic (exact) mass is 344 g/mol. The Kier molecular flexibility index (Phi) is 5.79. The maximum atomic E-state index is 12.9. The second-order valence-electron chi connectivity index (χ2n) is 5.77. The number of carbonyl (C=O) groups excluding carboxylic acids is 1. The minimum absolute atomic E-state index is 0.219. The number of hydrogen-bond donors (Lipinski definition) is 2. The van der Waals surface area contributed by atoms with Gasteiger partial charge in [0.25, 0.3) is 0 Å². The Morgan fingerprint density at radius 1 is 1.24 bits per heavy atom. The van der Waals surface area contributed by atoms with Gasteiger partial charge in [0.15, 0.2) is 0 Å². The van der Waals surface area contributed by atoms with Crippen LogP contribution in [0.1, 0.15) is 18.5 Å². The van der Waals surface area contributed by atoms with E-state index in [4.69, 9.17) is 4.74 Å². The van der Waals surface area contributed by atoms with Crippen LogP contribution in [0.4, 0.5) is 9.18 Å². The summed E-state index contributed by atoms with van der Waals surface area (Å²) >= 11 is 0. The molecule has 1 aliphatic heterocycles. The van der Waals surface area contributed by atoms with E-state index in [-0.39, 0.29) is 11.8 Å². The molecule has 0 radical (unpaired) electrons. The Bertz CT molecular complexity index is 740. The van der Waals surface area contributed by atoms with E-state index in [1.165, 1.54) is 17.7 Å². The van der Waals surface area contributed by atoms with Crippen LogP contribution in [0.2, 0.25) is 0 Å². The number of carbonyl (C=O) groups is 1. The van der Waals surface area contributed by atoms with Gasteiger partial charge in [0.05, 0.1) is 31.1 Å². The molecule has 2 heterocycles. The van der Waals surface area contributed by atoms with E-state index in [9.17, 15) is 9.18 Å². The van der Waals surface area contributed by atoms with Gasteiger partial charge in [-0.15, -0.1) is 0 Å². The van der Waals surface area contributed by atoms with Gasteiger partial charge in [-0.1, -0.05) is 11.6 Å². The van der Waals surface area contributed by atoms with Gasteiger partial charge in [-0.05, 0) is 43.2 Å². The van der Waals surface area contributed by atoms with Crippen molar-refractivity contribution < 1.29 is 13.9 Å². The molecule has 3 rings (SSSR count). The number of nitrogens with one attached hydrogen (secondary N) is 2. The molecule has 1 aromatic heterocycles. The van der Waals surface area contributed by atoms with Crippen LogP contribution in [0.25, 0.3) is 5.69 Å². The van der Waals surface area contributed by atoms with Crippen LogP contribution in [-0.2, 0) is 11.3 Å². The molecule has 2 aromatic rings. The van der Waals surface area contributed by atoms with Gasteiger partial charge in [0.1, 0.15) is 5.82 Å². The maximum absolute atomic E-state index is 12.9.